The highest BCUT2D eigenvalue weighted by Crippen LogP contribution is 2.40. The molecule has 0 N–H and O–H groups in total. The molecule has 0 amide bonds. The molecule has 0 saturated heterocycles. The zero-order valence-corrected chi connectivity index (χ0v) is 18.5. The fourth-order valence-electron chi connectivity index (χ4n) is 4.56. The number of rotatable bonds is 6. The first-order valence-electron chi connectivity index (χ1n) is 10.7. The summed E-state index contributed by atoms with van der Waals surface area (Å²) < 4.78 is 11.5. The van der Waals surface area contributed by atoms with Crippen molar-refractivity contribution in [1.82, 2.24) is 0 Å². The molecule has 2 aromatic rings. The van der Waals surface area contributed by atoms with Gasteiger partial charge in [0.25, 0.3) is 5.69 Å². The van der Waals surface area contributed by atoms with E-state index >= 15 is 0 Å². The van der Waals surface area contributed by atoms with E-state index in [0.717, 1.165) is 19.3 Å². The SMILES string of the molecule is [B]c1cccc([N+](=O)[O-])c1-c1c(OC)cccc1C(=O)O[C@@H]1C[C@H](C)CC[C@H]1C(C)C. The van der Waals surface area contributed by atoms with E-state index in [1.807, 2.05) is 0 Å². The zero-order valence-electron chi connectivity index (χ0n) is 18.5. The first-order chi connectivity index (χ1) is 14.7. The van der Waals surface area contributed by atoms with Crippen molar-refractivity contribution in [3.8, 4) is 16.9 Å². The van der Waals surface area contributed by atoms with Crippen LogP contribution < -0.4 is 10.2 Å². The molecule has 0 bridgehead atoms. The highest BCUT2D eigenvalue weighted by molar-refractivity contribution is 6.37. The number of carbonyl (C=O) groups excluding carboxylic acids is 1. The summed E-state index contributed by atoms with van der Waals surface area (Å²) in [6.07, 6.45) is 2.74. The maximum atomic E-state index is 13.4. The highest BCUT2D eigenvalue weighted by atomic mass is 16.6. The van der Waals surface area contributed by atoms with Gasteiger partial charge in [0.15, 0.2) is 0 Å². The van der Waals surface area contributed by atoms with Gasteiger partial charge in [-0.15, -0.1) is 0 Å². The van der Waals surface area contributed by atoms with Crippen molar-refractivity contribution in [2.45, 2.75) is 46.1 Å². The summed E-state index contributed by atoms with van der Waals surface area (Å²) in [4.78, 5) is 24.5. The van der Waals surface area contributed by atoms with Gasteiger partial charge in [0.2, 0.25) is 0 Å². The van der Waals surface area contributed by atoms with Crippen molar-refractivity contribution in [3.63, 3.8) is 0 Å². The molecule has 0 heterocycles. The van der Waals surface area contributed by atoms with Crippen LogP contribution in [0.15, 0.2) is 36.4 Å². The van der Waals surface area contributed by atoms with Crippen LogP contribution in [-0.4, -0.2) is 32.0 Å². The van der Waals surface area contributed by atoms with Crippen molar-refractivity contribution < 1.29 is 19.2 Å². The average Bonchev–Trinajstić information content (AvgIpc) is 2.72. The van der Waals surface area contributed by atoms with E-state index in [-0.39, 0.29) is 39.9 Å². The van der Waals surface area contributed by atoms with Gasteiger partial charge in [-0.3, -0.25) is 10.1 Å². The molecule has 0 aromatic heterocycles. The Hall–Kier alpha value is -2.83. The Morgan fingerprint density at radius 2 is 1.87 bits per heavy atom. The van der Waals surface area contributed by atoms with Crippen molar-refractivity contribution in [3.05, 3.63) is 52.1 Å². The third-order valence-electron chi connectivity index (χ3n) is 6.21. The number of nitrogens with zero attached hydrogens (tertiary/aromatic N) is 1. The monoisotopic (exact) mass is 421 g/mol. The minimum absolute atomic E-state index is 0.161. The van der Waals surface area contributed by atoms with E-state index < -0.39 is 10.9 Å². The second-order valence-corrected chi connectivity index (χ2v) is 8.65. The molecule has 1 aliphatic rings. The molecular weight excluding hydrogens is 393 g/mol. The number of nitro benzene ring substituents is 1. The molecule has 0 unspecified atom stereocenters. The predicted molar refractivity (Wildman–Crippen MR) is 121 cm³/mol. The molecule has 0 aliphatic heterocycles. The van der Waals surface area contributed by atoms with Gasteiger partial charge >= 0.3 is 5.97 Å². The number of hydrogen-bond acceptors (Lipinski definition) is 5. The average molecular weight is 421 g/mol. The molecule has 2 radical (unpaired) electrons. The second-order valence-electron chi connectivity index (χ2n) is 8.65. The van der Waals surface area contributed by atoms with E-state index in [4.69, 9.17) is 17.3 Å². The molecule has 6 nitrogen and oxygen atoms in total. The first-order valence-corrected chi connectivity index (χ1v) is 10.7. The zero-order chi connectivity index (χ0) is 22.7. The van der Waals surface area contributed by atoms with Gasteiger partial charge in [-0.2, -0.15) is 0 Å². The van der Waals surface area contributed by atoms with Crippen LogP contribution in [-0.2, 0) is 4.74 Å². The lowest BCUT2D eigenvalue weighted by atomic mass is 9.75. The smallest absolute Gasteiger partial charge is 0.339 e. The molecule has 3 atom stereocenters. The Kier molecular flexibility index (Phi) is 7.03. The van der Waals surface area contributed by atoms with Crippen LogP contribution in [0.3, 0.4) is 0 Å². The summed E-state index contributed by atoms with van der Waals surface area (Å²) in [7, 11) is 7.59. The van der Waals surface area contributed by atoms with Gasteiger partial charge < -0.3 is 9.47 Å². The Labute approximate surface area is 184 Å². The van der Waals surface area contributed by atoms with E-state index in [0.29, 0.717) is 17.6 Å². The number of carbonyl (C=O) groups is 1. The molecule has 3 rings (SSSR count). The minimum Gasteiger partial charge on any atom is -0.496 e. The van der Waals surface area contributed by atoms with E-state index in [1.165, 1.54) is 19.2 Å². The van der Waals surface area contributed by atoms with Gasteiger partial charge in [-0.05, 0) is 42.7 Å². The molecule has 162 valence electrons. The quantitative estimate of drug-likeness (QED) is 0.293. The third-order valence-corrected chi connectivity index (χ3v) is 6.21. The molecule has 7 heteroatoms. The van der Waals surface area contributed by atoms with Crippen LogP contribution in [0.1, 0.15) is 50.4 Å². The topological polar surface area (TPSA) is 78.7 Å². The Bertz CT molecular complexity index is 974. The van der Waals surface area contributed by atoms with Crippen molar-refractivity contribution in [1.29, 1.82) is 0 Å². The number of hydrogen-bond donors (Lipinski definition) is 0. The molecule has 0 spiro atoms. The minimum atomic E-state index is -0.517. The van der Waals surface area contributed by atoms with Gasteiger partial charge in [0, 0.05) is 11.6 Å². The lowest BCUT2D eigenvalue weighted by molar-refractivity contribution is -0.384. The van der Waals surface area contributed by atoms with Crippen LogP contribution >= 0.6 is 0 Å². The summed E-state index contributed by atoms with van der Waals surface area (Å²) >= 11 is 0. The Morgan fingerprint density at radius 1 is 1.16 bits per heavy atom. The standard InChI is InChI=1S/C24H28BNO5/c1-14(2)16-12-11-15(3)13-21(16)31-24(27)17-7-5-10-20(30-4)22(17)23-18(25)8-6-9-19(23)26(28)29/h5-10,14-16,21H,11-13H2,1-4H3/t15-,16+,21-/m1/s1. The lowest BCUT2D eigenvalue weighted by Crippen LogP contribution is -2.36. The molecule has 31 heavy (non-hydrogen) atoms. The Balaban J connectivity index is 2.08. The fraction of sp³-hybridized carbons (Fsp3) is 0.458. The molecule has 1 aliphatic carbocycles. The normalized spacial score (nSPS) is 21.0. The van der Waals surface area contributed by atoms with Gasteiger partial charge in [-0.25, -0.2) is 4.79 Å². The van der Waals surface area contributed by atoms with E-state index in [2.05, 4.69) is 20.8 Å². The summed E-state index contributed by atoms with van der Waals surface area (Å²) in [6, 6.07) is 9.38. The molecule has 1 saturated carbocycles. The number of esters is 1. The summed E-state index contributed by atoms with van der Waals surface area (Å²) in [6.45, 7) is 6.46. The van der Waals surface area contributed by atoms with Crippen LogP contribution in [0.5, 0.6) is 5.75 Å². The molecule has 2 aromatic carbocycles. The number of methoxy groups -OCH3 is 1. The number of benzene rings is 2. The largest absolute Gasteiger partial charge is 0.496 e. The van der Waals surface area contributed by atoms with Crippen molar-refractivity contribution in [2.75, 3.05) is 7.11 Å². The van der Waals surface area contributed by atoms with Crippen molar-refractivity contribution >= 4 is 25.0 Å². The van der Waals surface area contributed by atoms with Crippen molar-refractivity contribution in [2.24, 2.45) is 17.8 Å². The summed E-state index contributed by atoms with van der Waals surface area (Å²) in [5, 5.41) is 11.7. The second kappa shape index (κ2) is 9.54. The van der Waals surface area contributed by atoms with Gasteiger partial charge in [-0.1, -0.05) is 50.9 Å². The lowest BCUT2D eigenvalue weighted by Gasteiger charge is -2.36. The number of nitro groups is 1. The van der Waals surface area contributed by atoms with Crippen LogP contribution in [0, 0.1) is 27.9 Å². The Morgan fingerprint density at radius 3 is 2.52 bits per heavy atom. The van der Waals surface area contributed by atoms with Crippen LogP contribution in [0.2, 0.25) is 0 Å². The highest BCUT2D eigenvalue weighted by Gasteiger charge is 2.35. The first kappa shape index (κ1) is 22.9. The van der Waals surface area contributed by atoms with Gasteiger partial charge in [0.05, 0.1) is 23.2 Å². The molecule has 1 fully saturated rings. The van der Waals surface area contributed by atoms with Crippen LogP contribution in [0.4, 0.5) is 5.69 Å². The fourth-order valence-corrected chi connectivity index (χ4v) is 4.56. The van der Waals surface area contributed by atoms with Gasteiger partial charge in [0.1, 0.15) is 19.7 Å². The van der Waals surface area contributed by atoms with E-state index in [1.54, 1.807) is 24.3 Å². The van der Waals surface area contributed by atoms with E-state index in [9.17, 15) is 14.9 Å². The maximum Gasteiger partial charge on any atom is 0.339 e. The van der Waals surface area contributed by atoms with Crippen LogP contribution in [0.25, 0.3) is 11.1 Å². The maximum absolute atomic E-state index is 13.4. The third kappa shape index (κ3) is 4.76. The summed E-state index contributed by atoms with van der Waals surface area (Å²) in [5.41, 5.74) is 0.657. The summed E-state index contributed by atoms with van der Waals surface area (Å²) in [5.74, 6) is 0.957. The number of ether oxygens (including phenoxy) is 2. The predicted octanol–water partition coefficient (Wildman–Crippen LogP) is 4.68. The molecular formula is C24H28BNO5.